The van der Waals surface area contributed by atoms with Crippen LogP contribution < -0.4 is 5.32 Å². The summed E-state index contributed by atoms with van der Waals surface area (Å²) in [6, 6.07) is 0.554. The second-order valence-corrected chi connectivity index (χ2v) is 6.56. The summed E-state index contributed by atoms with van der Waals surface area (Å²) in [4.78, 5) is 21.3. The lowest BCUT2D eigenvalue weighted by atomic mass is 10.1. The molecule has 1 saturated carbocycles. The predicted octanol–water partition coefficient (Wildman–Crippen LogP) is 1.61. The maximum Gasteiger partial charge on any atom is 0.317 e. The zero-order valence-electron chi connectivity index (χ0n) is 13.8. The highest BCUT2D eigenvalue weighted by atomic mass is 16.2. The number of imidazole rings is 1. The van der Waals surface area contributed by atoms with Crippen molar-refractivity contribution in [3.63, 3.8) is 0 Å². The third-order valence-electron chi connectivity index (χ3n) is 5.02. The van der Waals surface area contributed by atoms with E-state index in [9.17, 15) is 4.79 Å². The van der Waals surface area contributed by atoms with Gasteiger partial charge in [-0.05, 0) is 32.2 Å². The molecule has 1 saturated heterocycles. The van der Waals surface area contributed by atoms with Crippen LogP contribution in [0.5, 0.6) is 0 Å². The highest BCUT2D eigenvalue weighted by molar-refractivity contribution is 5.74. The Balaban J connectivity index is 1.67. The molecule has 0 aromatic carbocycles. The fourth-order valence-electron chi connectivity index (χ4n) is 3.33. The Morgan fingerprint density at radius 3 is 2.82 bits per heavy atom. The summed E-state index contributed by atoms with van der Waals surface area (Å²) < 4.78 is 2.06. The topological polar surface area (TPSA) is 53.4 Å². The summed E-state index contributed by atoms with van der Waals surface area (Å²) in [5, 5.41) is 3.17. The maximum atomic E-state index is 12.5. The molecular formula is C16H27N5O. The summed E-state index contributed by atoms with van der Waals surface area (Å²) in [5.41, 5.74) is 0. The van der Waals surface area contributed by atoms with E-state index in [1.807, 2.05) is 24.3 Å². The van der Waals surface area contributed by atoms with E-state index < -0.39 is 0 Å². The first-order valence-corrected chi connectivity index (χ1v) is 8.36. The van der Waals surface area contributed by atoms with E-state index in [0.29, 0.717) is 18.5 Å². The van der Waals surface area contributed by atoms with Crippen molar-refractivity contribution in [3.05, 3.63) is 18.2 Å². The molecule has 2 amide bonds. The van der Waals surface area contributed by atoms with Gasteiger partial charge in [0, 0.05) is 45.1 Å². The maximum absolute atomic E-state index is 12.5. The molecule has 2 heterocycles. The molecular weight excluding hydrogens is 278 g/mol. The van der Waals surface area contributed by atoms with Gasteiger partial charge in [-0.3, -0.25) is 4.90 Å². The van der Waals surface area contributed by atoms with Crippen molar-refractivity contribution in [1.82, 2.24) is 24.7 Å². The third kappa shape index (κ3) is 3.11. The van der Waals surface area contributed by atoms with Crippen molar-refractivity contribution >= 4 is 6.03 Å². The van der Waals surface area contributed by atoms with Crippen LogP contribution in [0.2, 0.25) is 0 Å². The fraction of sp³-hybridized carbons (Fsp3) is 0.750. The first-order valence-electron chi connectivity index (χ1n) is 8.36. The summed E-state index contributed by atoms with van der Waals surface area (Å²) in [6.45, 7) is 7.67. The Bertz CT molecular complexity index is 524. The molecule has 1 aromatic rings. The molecule has 2 atom stereocenters. The number of rotatable bonds is 4. The molecule has 6 nitrogen and oxygen atoms in total. The van der Waals surface area contributed by atoms with Gasteiger partial charge in [-0.15, -0.1) is 0 Å². The highest BCUT2D eigenvalue weighted by Crippen LogP contribution is 2.32. The standard InChI is InChI=1S/C16H27N5O/c1-4-20-9-10-21(16(22)18-12(2)13-5-6-13)11-14(20)15-17-7-8-19(15)3/h7-8,12-14H,4-6,9-11H2,1-3H3,(H,18,22)/t12-,14+/m1/s1. The lowest BCUT2D eigenvalue weighted by molar-refractivity contribution is 0.0867. The van der Waals surface area contributed by atoms with Gasteiger partial charge in [-0.2, -0.15) is 0 Å². The average molecular weight is 305 g/mol. The second kappa shape index (κ2) is 6.28. The number of amides is 2. The Kier molecular flexibility index (Phi) is 4.38. The zero-order valence-corrected chi connectivity index (χ0v) is 13.8. The molecule has 0 spiro atoms. The van der Waals surface area contributed by atoms with E-state index in [4.69, 9.17) is 0 Å². The Hall–Kier alpha value is -1.56. The Morgan fingerprint density at radius 1 is 1.45 bits per heavy atom. The smallest absolute Gasteiger partial charge is 0.317 e. The molecule has 1 N–H and O–H groups in total. The number of aryl methyl sites for hydroxylation is 1. The van der Waals surface area contributed by atoms with Gasteiger partial charge in [0.15, 0.2) is 0 Å². The van der Waals surface area contributed by atoms with Crippen molar-refractivity contribution in [2.75, 3.05) is 26.2 Å². The summed E-state index contributed by atoms with van der Waals surface area (Å²) >= 11 is 0. The van der Waals surface area contributed by atoms with Gasteiger partial charge in [0.25, 0.3) is 0 Å². The number of carbonyl (C=O) groups is 1. The number of carbonyl (C=O) groups excluding carboxylic acids is 1. The van der Waals surface area contributed by atoms with Gasteiger partial charge in [0.2, 0.25) is 0 Å². The zero-order chi connectivity index (χ0) is 15.7. The van der Waals surface area contributed by atoms with Crippen LogP contribution in [0, 0.1) is 5.92 Å². The van der Waals surface area contributed by atoms with E-state index >= 15 is 0 Å². The minimum atomic E-state index is 0.0781. The molecule has 6 heteroatoms. The van der Waals surface area contributed by atoms with Gasteiger partial charge in [-0.25, -0.2) is 9.78 Å². The fourth-order valence-corrected chi connectivity index (χ4v) is 3.33. The molecule has 0 bridgehead atoms. The minimum absolute atomic E-state index is 0.0781. The van der Waals surface area contributed by atoms with Gasteiger partial charge in [0.1, 0.15) is 5.82 Å². The molecule has 1 aromatic heterocycles. The molecule has 122 valence electrons. The van der Waals surface area contributed by atoms with Crippen molar-refractivity contribution in [1.29, 1.82) is 0 Å². The van der Waals surface area contributed by atoms with Crippen LogP contribution in [0.3, 0.4) is 0 Å². The number of nitrogens with zero attached hydrogens (tertiary/aromatic N) is 4. The summed E-state index contributed by atoms with van der Waals surface area (Å²) in [5.74, 6) is 1.72. The largest absolute Gasteiger partial charge is 0.337 e. The van der Waals surface area contributed by atoms with Gasteiger partial charge >= 0.3 is 6.03 Å². The number of piperazine rings is 1. The third-order valence-corrected chi connectivity index (χ3v) is 5.02. The Labute approximate surface area is 132 Å². The molecule has 0 unspecified atom stereocenters. The van der Waals surface area contributed by atoms with Crippen LogP contribution >= 0.6 is 0 Å². The van der Waals surface area contributed by atoms with E-state index in [1.54, 1.807) is 0 Å². The number of hydrogen-bond donors (Lipinski definition) is 1. The van der Waals surface area contributed by atoms with Crippen LogP contribution in [0.15, 0.2) is 12.4 Å². The van der Waals surface area contributed by atoms with Crippen molar-refractivity contribution in [2.24, 2.45) is 13.0 Å². The van der Waals surface area contributed by atoms with Crippen LogP contribution in [0.25, 0.3) is 0 Å². The van der Waals surface area contributed by atoms with E-state index in [2.05, 4.69) is 33.6 Å². The normalized spacial score (nSPS) is 24.3. The molecule has 1 aliphatic carbocycles. The van der Waals surface area contributed by atoms with E-state index in [0.717, 1.165) is 25.5 Å². The summed E-state index contributed by atoms with van der Waals surface area (Å²) in [7, 11) is 2.02. The van der Waals surface area contributed by atoms with Crippen molar-refractivity contribution in [3.8, 4) is 0 Å². The van der Waals surface area contributed by atoms with Crippen LogP contribution in [-0.2, 0) is 7.05 Å². The average Bonchev–Trinajstić information content (AvgIpc) is 3.29. The second-order valence-electron chi connectivity index (χ2n) is 6.56. The van der Waals surface area contributed by atoms with Crippen LogP contribution in [0.4, 0.5) is 4.79 Å². The van der Waals surface area contributed by atoms with E-state index in [1.165, 1.54) is 12.8 Å². The number of hydrogen-bond acceptors (Lipinski definition) is 3. The van der Waals surface area contributed by atoms with Gasteiger partial charge in [0.05, 0.1) is 6.04 Å². The van der Waals surface area contributed by atoms with Crippen LogP contribution in [0.1, 0.15) is 38.6 Å². The molecule has 2 aliphatic rings. The molecule has 2 fully saturated rings. The van der Waals surface area contributed by atoms with Gasteiger partial charge in [-0.1, -0.05) is 6.92 Å². The van der Waals surface area contributed by atoms with Crippen molar-refractivity contribution in [2.45, 2.75) is 38.8 Å². The molecule has 22 heavy (non-hydrogen) atoms. The predicted molar refractivity (Wildman–Crippen MR) is 85.5 cm³/mol. The minimum Gasteiger partial charge on any atom is -0.337 e. The number of urea groups is 1. The number of nitrogens with one attached hydrogen (secondary N) is 1. The SMILES string of the molecule is CCN1CCN(C(=O)N[C@H](C)C2CC2)C[C@H]1c1nccn1C. The molecule has 1 aliphatic heterocycles. The lowest BCUT2D eigenvalue weighted by Crippen LogP contribution is -2.54. The Morgan fingerprint density at radius 2 is 2.23 bits per heavy atom. The molecule has 3 rings (SSSR count). The lowest BCUT2D eigenvalue weighted by Gasteiger charge is -2.40. The van der Waals surface area contributed by atoms with Crippen molar-refractivity contribution < 1.29 is 4.79 Å². The van der Waals surface area contributed by atoms with Crippen LogP contribution in [-0.4, -0.2) is 57.6 Å². The first kappa shape index (κ1) is 15.3. The number of likely N-dealkylation sites (N-methyl/N-ethyl adjacent to an activating group) is 1. The highest BCUT2D eigenvalue weighted by Gasteiger charge is 2.34. The quantitative estimate of drug-likeness (QED) is 0.919. The summed E-state index contributed by atoms with van der Waals surface area (Å²) in [6.07, 6.45) is 6.30. The molecule has 0 radical (unpaired) electrons. The van der Waals surface area contributed by atoms with Gasteiger partial charge < -0.3 is 14.8 Å². The number of aromatic nitrogens is 2. The first-order chi connectivity index (χ1) is 10.6. The van der Waals surface area contributed by atoms with E-state index in [-0.39, 0.29) is 12.1 Å². The monoisotopic (exact) mass is 305 g/mol.